The van der Waals surface area contributed by atoms with E-state index in [9.17, 15) is 0 Å². The molecular formula is C15H18Cl3N3. The molecule has 1 aromatic heterocycles. The zero-order chi connectivity index (χ0) is 15.0. The molecule has 1 fully saturated rings. The van der Waals surface area contributed by atoms with E-state index < -0.39 is 0 Å². The molecule has 3 rings (SSSR count). The molecule has 1 saturated heterocycles. The number of likely N-dealkylation sites (tertiary alicyclic amines) is 1. The maximum atomic E-state index is 6.16. The quantitative estimate of drug-likeness (QED) is 0.767. The first-order chi connectivity index (χ1) is 10.1. The third-order valence-electron chi connectivity index (χ3n) is 4.27. The summed E-state index contributed by atoms with van der Waals surface area (Å²) in [5.74, 6) is 1.95. The van der Waals surface area contributed by atoms with Gasteiger partial charge in [0.1, 0.15) is 5.82 Å². The first-order valence-corrected chi connectivity index (χ1v) is 8.46. The van der Waals surface area contributed by atoms with Crippen LogP contribution >= 0.6 is 34.8 Å². The van der Waals surface area contributed by atoms with Gasteiger partial charge in [-0.3, -0.25) is 0 Å². The second kappa shape index (κ2) is 6.33. The third kappa shape index (κ3) is 3.16. The Morgan fingerprint density at radius 2 is 1.86 bits per heavy atom. The van der Waals surface area contributed by atoms with E-state index in [0.717, 1.165) is 36.5 Å². The number of rotatable bonds is 3. The summed E-state index contributed by atoms with van der Waals surface area (Å²) in [5.41, 5.74) is 1.90. The Morgan fingerprint density at radius 1 is 1.19 bits per heavy atom. The van der Waals surface area contributed by atoms with E-state index >= 15 is 0 Å². The fraction of sp³-hybridized carbons (Fsp3) is 0.533. The van der Waals surface area contributed by atoms with Crippen LogP contribution in [0.2, 0.25) is 10.0 Å². The maximum Gasteiger partial charge on any atom is 0.124 e. The van der Waals surface area contributed by atoms with Gasteiger partial charge in [-0.2, -0.15) is 0 Å². The monoisotopic (exact) mass is 345 g/mol. The summed E-state index contributed by atoms with van der Waals surface area (Å²) in [4.78, 5) is 6.97. The lowest BCUT2D eigenvalue weighted by Gasteiger charge is -2.29. The number of fused-ring (bicyclic) bond motifs is 1. The van der Waals surface area contributed by atoms with Crippen LogP contribution in [0.15, 0.2) is 12.1 Å². The van der Waals surface area contributed by atoms with Crippen LogP contribution in [0.4, 0.5) is 0 Å². The highest BCUT2D eigenvalue weighted by atomic mass is 35.5. The average molecular weight is 347 g/mol. The molecule has 1 aliphatic rings. The van der Waals surface area contributed by atoms with Gasteiger partial charge in [0.15, 0.2) is 0 Å². The summed E-state index contributed by atoms with van der Waals surface area (Å²) < 4.78 is 2.21. The SMILES string of the molecule is CN1CCC(Cn2c(CCl)nc3cc(Cl)c(Cl)cc32)CC1. The van der Waals surface area contributed by atoms with E-state index in [1.54, 1.807) is 0 Å². The molecule has 0 spiro atoms. The number of aromatic nitrogens is 2. The molecule has 6 heteroatoms. The van der Waals surface area contributed by atoms with Crippen molar-refractivity contribution in [2.24, 2.45) is 5.92 Å². The molecule has 0 aliphatic carbocycles. The van der Waals surface area contributed by atoms with E-state index in [1.807, 2.05) is 12.1 Å². The van der Waals surface area contributed by atoms with Gasteiger partial charge in [-0.15, -0.1) is 11.6 Å². The second-order valence-corrected chi connectivity index (χ2v) is 6.86. The van der Waals surface area contributed by atoms with Crippen molar-refractivity contribution in [3.05, 3.63) is 28.0 Å². The van der Waals surface area contributed by atoms with Gasteiger partial charge in [-0.25, -0.2) is 4.98 Å². The Kier molecular flexibility index (Phi) is 4.65. The molecule has 0 amide bonds. The fourth-order valence-electron chi connectivity index (χ4n) is 2.98. The van der Waals surface area contributed by atoms with Gasteiger partial charge < -0.3 is 9.47 Å². The van der Waals surface area contributed by atoms with E-state index in [0.29, 0.717) is 21.8 Å². The second-order valence-electron chi connectivity index (χ2n) is 5.77. The lowest BCUT2D eigenvalue weighted by molar-refractivity contribution is 0.205. The summed E-state index contributed by atoms with van der Waals surface area (Å²) in [7, 11) is 2.18. The molecule has 21 heavy (non-hydrogen) atoms. The molecule has 0 bridgehead atoms. The molecule has 114 valence electrons. The predicted octanol–water partition coefficient (Wildman–Crippen LogP) is 4.42. The van der Waals surface area contributed by atoms with Crippen LogP contribution in [0.25, 0.3) is 11.0 Å². The van der Waals surface area contributed by atoms with Crippen LogP contribution in [0.3, 0.4) is 0 Å². The number of piperidine rings is 1. The van der Waals surface area contributed by atoms with E-state index in [1.165, 1.54) is 12.8 Å². The summed E-state index contributed by atoms with van der Waals surface area (Å²) in [6.07, 6.45) is 2.42. The molecule has 1 aliphatic heterocycles. The summed E-state index contributed by atoms with van der Waals surface area (Å²) in [6.45, 7) is 3.25. The summed E-state index contributed by atoms with van der Waals surface area (Å²) in [6, 6.07) is 3.72. The van der Waals surface area contributed by atoms with Crippen LogP contribution in [0, 0.1) is 5.92 Å². The molecule has 0 saturated carbocycles. The molecular weight excluding hydrogens is 329 g/mol. The minimum Gasteiger partial charge on any atom is -0.327 e. The first-order valence-electron chi connectivity index (χ1n) is 7.17. The third-order valence-corrected chi connectivity index (χ3v) is 5.23. The minimum absolute atomic E-state index is 0.399. The van der Waals surface area contributed by atoms with Gasteiger partial charge in [0.25, 0.3) is 0 Å². The largest absolute Gasteiger partial charge is 0.327 e. The van der Waals surface area contributed by atoms with Crippen LogP contribution in [0.1, 0.15) is 18.7 Å². The Morgan fingerprint density at radius 3 is 2.52 bits per heavy atom. The number of halogens is 3. The zero-order valence-electron chi connectivity index (χ0n) is 12.0. The summed E-state index contributed by atoms with van der Waals surface area (Å²) in [5, 5.41) is 1.10. The smallest absolute Gasteiger partial charge is 0.124 e. The van der Waals surface area contributed by atoms with Crippen molar-refractivity contribution in [3.8, 4) is 0 Å². The first kappa shape index (κ1) is 15.4. The normalized spacial score (nSPS) is 17.7. The zero-order valence-corrected chi connectivity index (χ0v) is 14.2. The van der Waals surface area contributed by atoms with E-state index in [-0.39, 0.29) is 0 Å². The molecule has 0 atom stereocenters. The van der Waals surface area contributed by atoms with Gasteiger partial charge in [-0.05, 0) is 51.0 Å². The summed E-state index contributed by atoms with van der Waals surface area (Å²) >= 11 is 18.3. The van der Waals surface area contributed by atoms with Crippen molar-refractivity contribution >= 4 is 45.8 Å². The Hall–Kier alpha value is -0.480. The average Bonchev–Trinajstić information content (AvgIpc) is 2.79. The van der Waals surface area contributed by atoms with Crippen LogP contribution < -0.4 is 0 Å². The molecule has 0 N–H and O–H groups in total. The van der Waals surface area contributed by atoms with Gasteiger partial charge in [0.05, 0.1) is 27.0 Å². The molecule has 0 unspecified atom stereocenters. The van der Waals surface area contributed by atoms with Gasteiger partial charge in [-0.1, -0.05) is 23.2 Å². The number of benzene rings is 1. The van der Waals surface area contributed by atoms with Crippen molar-refractivity contribution in [2.75, 3.05) is 20.1 Å². The number of alkyl halides is 1. The maximum absolute atomic E-state index is 6.16. The van der Waals surface area contributed by atoms with Crippen molar-refractivity contribution in [3.63, 3.8) is 0 Å². The Labute approximate surface area is 139 Å². The topological polar surface area (TPSA) is 21.1 Å². The lowest BCUT2D eigenvalue weighted by Crippen LogP contribution is -2.32. The highest BCUT2D eigenvalue weighted by molar-refractivity contribution is 6.42. The molecule has 1 aromatic carbocycles. The van der Waals surface area contributed by atoms with Crippen molar-refractivity contribution in [1.82, 2.24) is 14.5 Å². The molecule has 0 radical (unpaired) electrons. The fourth-order valence-corrected chi connectivity index (χ4v) is 3.50. The lowest BCUT2D eigenvalue weighted by atomic mass is 9.97. The Bertz CT molecular complexity index is 645. The van der Waals surface area contributed by atoms with Crippen molar-refractivity contribution in [1.29, 1.82) is 0 Å². The van der Waals surface area contributed by atoms with Crippen LogP contribution in [-0.2, 0) is 12.4 Å². The highest BCUT2D eigenvalue weighted by Gasteiger charge is 2.20. The minimum atomic E-state index is 0.399. The predicted molar refractivity (Wildman–Crippen MR) is 89.5 cm³/mol. The van der Waals surface area contributed by atoms with Gasteiger partial charge in [0, 0.05) is 6.54 Å². The van der Waals surface area contributed by atoms with Gasteiger partial charge >= 0.3 is 0 Å². The highest BCUT2D eigenvalue weighted by Crippen LogP contribution is 2.30. The molecule has 2 heterocycles. The van der Waals surface area contributed by atoms with Gasteiger partial charge in [0.2, 0.25) is 0 Å². The molecule has 2 aromatic rings. The Balaban J connectivity index is 1.94. The number of nitrogens with zero attached hydrogens (tertiary/aromatic N) is 3. The van der Waals surface area contributed by atoms with Crippen molar-refractivity contribution < 1.29 is 0 Å². The van der Waals surface area contributed by atoms with E-state index in [2.05, 4.69) is 21.5 Å². The van der Waals surface area contributed by atoms with Crippen molar-refractivity contribution in [2.45, 2.75) is 25.3 Å². The van der Waals surface area contributed by atoms with E-state index in [4.69, 9.17) is 34.8 Å². The number of hydrogen-bond acceptors (Lipinski definition) is 2. The van der Waals surface area contributed by atoms with Crippen LogP contribution in [-0.4, -0.2) is 34.6 Å². The number of hydrogen-bond donors (Lipinski definition) is 0. The van der Waals surface area contributed by atoms with Crippen LogP contribution in [0.5, 0.6) is 0 Å². The molecule has 3 nitrogen and oxygen atoms in total. The number of imidazole rings is 1. The standard InChI is InChI=1S/C15H18Cl3N3/c1-20-4-2-10(3-5-20)9-21-14-7-12(18)11(17)6-13(14)19-15(21)8-16/h6-7,10H,2-5,8-9H2,1H3.